The molecule has 10 heteroatoms. The molecule has 0 saturated carbocycles. The van der Waals surface area contributed by atoms with Crippen molar-refractivity contribution in [2.24, 2.45) is 4.99 Å². The zero-order valence-electron chi connectivity index (χ0n) is 23.6. The number of ether oxygens (including phenoxy) is 3. The van der Waals surface area contributed by atoms with E-state index in [9.17, 15) is 9.59 Å². The maximum absolute atomic E-state index is 14.1. The summed E-state index contributed by atoms with van der Waals surface area (Å²) in [5.74, 6) is 0.535. The minimum absolute atomic E-state index is 0.186. The third-order valence-corrected chi connectivity index (χ3v) is 8.33. The SMILES string of the molecule is CCOC(=O)C1=C(C)N=c2sc(=Cc3cc(C)n(-c4ccc(Cl)cc4)c3C)c(=O)n2C1c1cc(OC)ccc1OC. The van der Waals surface area contributed by atoms with E-state index >= 15 is 0 Å². The average molecular weight is 592 g/mol. The van der Waals surface area contributed by atoms with Crippen molar-refractivity contribution in [1.82, 2.24) is 9.13 Å². The molecule has 41 heavy (non-hydrogen) atoms. The third kappa shape index (κ3) is 5.11. The van der Waals surface area contributed by atoms with E-state index in [0.29, 0.717) is 37.1 Å². The monoisotopic (exact) mass is 591 g/mol. The number of carbonyl (C=O) groups excluding carboxylic acids is 1. The van der Waals surface area contributed by atoms with Crippen LogP contribution < -0.4 is 24.4 Å². The minimum atomic E-state index is -0.820. The maximum atomic E-state index is 14.1. The Balaban J connectivity index is 1.73. The highest BCUT2D eigenvalue weighted by Crippen LogP contribution is 2.38. The first-order chi connectivity index (χ1) is 19.7. The Bertz CT molecular complexity index is 1860. The Morgan fingerprint density at radius 1 is 1.07 bits per heavy atom. The van der Waals surface area contributed by atoms with Crippen molar-refractivity contribution < 1.29 is 19.0 Å². The van der Waals surface area contributed by atoms with E-state index in [-0.39, 0.29) is 17.7 Å². The van der Waals surface area contributed by atoms with Crippen LogP contribution in [-0.2, 0) is 9.53 Å². The van der Waals surface area contributed by atoms with E-state index in [1.165, 1.54) is 11.3 Å². The molecule has 0 aliphatic carbocycles. The van der Waals surface area contributed by atoms with Crippen LogP contribution in [0.5, 0.6) is 11.5 Å². The van der Waals surface area contributed by atoms with Gasteiger partial charge < -0.3 is 18.8 Å². The quantitative estimate of drug-likeness (QED) is 0.286. The van der Waals surface area contributed by atoms with Crippen molar-refractivity contribution in [3.8, 4) is 17.2 Å². The first-order valence-corrected chi connectivity index (χ1v) is 14.2. The van der Waals surface area contributed by atoms with Crippen molar-refractivity contribution in [2.75, 3.05) is 20.8 Å². The number of carbonyl (C=O) groups is 1. The van der Waals surface area contributed by atoms with Gasteiger partial charge in [0.2, 0.25) is 0 Å². The molecule has 2 aromatic carbocycles. The minimum Gasteiger partial charge on any atom is -0.497 e. The van der Waals surface area contributed by atoms with Crippen molar-refractivity contribution in [2.45, 2.75) is 33.7 Å². The number of benzene rings is 2. The Kier molecular flexibility index (Phi) is 7.93. The van der Waals surface area contributed by atoms with E-state index in [1.807, 2.05) is 50.3 Å². The number of nitrogens with zero attached hydrogens (tertiary/aromatic N) is 3. The Morgan fingerprint density at radius 3 is 2.46 bits per heavy atom. The smallest absolute Gasteiger partial charge is 0.338 e. The van der Waals surface area contributed by atoms with E-state index in [4.69, 9.17) is 25.8 Å². The molecule has 0 fully saturated rings. The van der Waals surface area contributed by atoms with Gasteiger partial charge in [-0.3, -0.25) is 9.36 Å². The van der Waals surface area contributed by atoms with Crippen molar-refractivity contribution >= 4 is 35.0 Å². The number of methoxy groups -OCH3 is 2. The number of hydrogen-bond donors (Lipinski definition) is 0. The molecule has 0 spiro atoms. The number of aryl methyl sites for hydroxylation is 1. The molecule has 0 saturated heterocycles. The number of thiazole rings is 1. The predicted molar refractivity (Wildman–Crippen MR) is 160 cm³/mol. The molecule has 3 heterocycles. The molecule has 212 valence electrons. The molecule has 0 amide bonds. The number of halogens is 1. The van der Waals surface area contributed by atoms with Gasteiger partial charge in [0.1, 0.15) is 17.5 Å². The number of rotatable bonds is 7. The van der Waals surface area contributed by atoms with Gasteiger partial charge in [-0.2, -0.15) is 0 Å². The van der Waals surface area contributed by atoms with Crippen LogP contribution in [0, 0.1) is 13.8 Å². The molecule has 0 bridgehead atoms. The van der Waals surface area contributed by atoms with Crippen molar-refractivity contribution in [3.05, 3.63) is 107 Å². The maximum Gasteiger partial charge on any atom is 0.338 e. The largest absolute Gasteiger partial charge is 0.497 e. The topological polar surface area (TPSA) is 84.1 Å². The highest BCUT2D eigenvalue weighted by atomic mass is 35.5. The molecular weight excluding hydrogens is 562 g/mol. The van der Waals surface area contributed by atoms with Crippen LogP contribution in [0.4, 0.5) is 0 Å². The number of fused-ring (bicyclic) bond motifs is 1. The van der Waals surface area contributed by atoms with Crippen LogP contribution in [-0.4, -0.2) is 35.9 Å². The van der Waals surface area contributed by atoms with Crippen molar-refractivity contribution in [3.63, 3.8) is 0 Å². The van der Waals surface area contributed by atoms with Gasteiger partial charge >= 0.3 is 5.97 Å². The molecule has 5 rings (SSSR count). The van der Waals surface area contributed by atoms with E-state index < -0.39 is 12.0 Å². The van der Waals surface area contributed by atoms with Crippen LogP contribution in [0.2, 0.25) is 5.02 Å². The normalized spacial score (nSPS) is 15.0. The van der Waals surface area contributed by atoms with Gasteiger partial charge in [-0.25, -0.2) is 9.79 Å². The van der Waals surface area contributed by atoms with E-state index in [1.54, 1.807) is 50.8 Å². The number of aromatic nitrogens is 2. The number of allylic oxidation sites excluding steroid dienone is 1. The molecule has 2 aromatic heterocycles. The fourth-order valence-electron chi connectivity index (χ4n) is 5.20. The van der Waals surface area contributed by atoms with Gasteiger partial charge in [0.05, 0.1) is 36.6 Å². The summed E-state index contributed by atoms with van der Waals surface area (Å²) < 4.78 is 20.7. The second kappa shape index (κ2) is 11.4. The lowest BCUT2D eigenvalue weighted by Gasteiger charge is -2.26. The van der Waals surface area contributed by atoms with Crippen LogP contribution in [0.15, 0.2) is 69.6 Å². The molecule has 1 atom stereocenters. The lowest BCUT2D eigenvalue weighted by atomic mass is 9.94. The second-order valence-electron chi connectivity index (χ2n) is 9.55. The Hall–Kier alpha value is -4.08. The summed E-state index contributed by atoms with van der Waals surface area (Å²) in [6.45, 7) is 7.71. The third-order valence-electron chi connectivity index (χ3n) is 7.09. The zero-order valence-corrected chi connectivity index (χ0v) is 25.2. The fraction of sp³-hybridized carbons (Fsp3) is 0.258. The Morgan fingerprint density at radius 2 is 1.80 bits per heavy atom. The highest BCUT2D eigenvalue weighted by molar-refractivity contribution is 7.07. The van der Waals surface area contributed by atoms with Gasteiger partial charge in [-0.05, 0) is 87.9 Å². The number of hydrogen-bond acceptors (Lipinski definition) is 7. The predicted octanol–water partition coefficient (Wildman–Crippen LogP) is 4.88. The van der Waals surface area contributed by atoms with E-state index in [0.717, 1.165) is 22.6 Å². The van der Waals surface area contributed by atoms with Gasteiger partial charge in [-0.15, -0.1) is 0 Å². The van der Waals surface area contributed by atoms with Gasteiger partial charge in [0, 0.05) is 27.7 Å². The van der Waals surface area contributed by atoms with Gasteiger partial charge in [0.15, 0.2) is 4.80 Å². The first-order valence-electron chi connectivity index (χ1n) is 13.0. The lowest BCUT2D eigenvalue weighted by molar-refractivity contribution is -0.139. The molecule has 0 radical (unpaired) electrons. The number of esters is 1. The van der Waals surface area contributed by atoms with Crippen LogP contribution >= 0.6 is 22.9 Å². The molecule has 4 aromatic rings. The summed E-state index contributed by atoms with van der Waals surface area (Å²) in [6, 6.07) is 14.1. The van der Waals surface area contributed by atoms with Gasteiger partial charge in [0.25, 0.3) is 5.56 Å². The van der Waals surface area contributed by atoms with Crippen LogP contribution in [0.3, 0.4) is 0 Å². The van der Waals surface area contributed by atoms with Crippen LogP contribution in [0.25, 0.3) is 11.8 Å². The standard InChI is InChI=1S/C31H30ClN3O5S/c1-7-40-30(37)27-18(3)33-31-35(28(27)24-16-23(38-5)12-13-25(24)39-6)29(36)26(41-31)15-20-14-17(2)34(19(20)4)22-10-8-21(32)9-11-22/h8-16,28H,7H2,1-6H3. The molecule has 0 N–H and O–H groups in total. The molecular formula is C31H30ClN3O5S. The lowest BCUT2D eigenvalue weighted by Crippen LogP contribution is -2.40. The summed E-state index contributed by atoms with van der Waals surface area (Å²) in [4.78, 5) is 32.5. The molecule has 1 unspecified atom stereocenters. The average Bonchev–Trinajstić information content (AvgIpc) is 3.41. The molecule has 1 aliphatic heterocycles. The summed E-state index contributed by atoms with van der Waals surface area (Å²) in [5.41, 5.74) is 4.95. The van der Waals surface area contributed by atoms with Gasteiger partial charge in [-0.1, -0.05) is 22.9 Å². The zero-order chi connectivity index (χ0) is 29.4. The highest BCUT2D eigenvalue weighted by Gasteiger charge is 2.35. The second-order valence-corrected chi connectivity index (χ2v) is 11.0. The summed E-state index contributed by atoms with van der Waals surface area (Å²) in [7, 11) is 3.11. The summed E-state index contributed by atoms with van der Waals surface area (Å²) in [6.07, 6.45) is 1.88. The fourth-order valence-corrected chi connectivity index (χ4v) is 6.36. The van der Waals surface area contributed by atoms with Crippen LogP contribution in [0.1, 0.15) is 42.4 Å². The first kappa shape index (κ1) is 28.4. The summed E-state index contributed by atoms with van der Waals surface area (Å²) in [5, 5.41) is 0.664. The molecule has 1 aliphatic rings. The van der Waals surface area contributed by atoms with Crippen molar-refractivity contribution in [1.29, 1.82) is 0 Å². The van der Waals surface area contributed by atoms with E-state index in [2.05, 4.69) is 9.56 Å². The molecule has 8 nitrogen and oxygen atoms in total. The Labute approximate surface area is 246 Å². The summed E-state index contributed by atoms with van der Waals surface area (Å²) >= 11 is 7.37.